The number of aromatic hydroxyl groups is 1. The number of phenols is 1. The highest BCUT2D eigenvalue weighted by molar-refractivity contribution is 5.45. The van der Waals surface area contributed by atoms with Crippen molar-refractivity contribution < 1.29 is 9.84 Å². The quantitative estimate of drug-likeness (QED) is 0.799. The Labute approximate surface area is 104 Å². The first kappa shape index (κ1) is 13.8. The fraction of sp³-hybridized carbons (Fsp3) is 0.571. The summed E-state index contributed by atoms with van der Waals surface area (Å²) in [6.45, 7) is 7.25. The van der Waals surface area contributed by atoms with Crippen molar-refractivity contribution in [1.29, 1.82) is 0 Å². The number of nitrogens with one attached hydrogen (secondary N) is 1. The van der Waals surface area contributed by atoms with E-state index in [1.54, 1.807) is 13.2 Å². The molecule has 3 heteroatoms. The molecule has 0 amide bonds. The summed E-state index contributed by atoms with van der Waals surface area (Å²) in [4.78, 5) is 0. The minimum atomic E-state index is 0.235. The van der Waals surface area contributed by atoms with Gasteiger partial charge in [-0.1, -0.05) is 26.0 Å². The SMILES string of the molecule is COc1cccc(CNC(C)CC(C)C)c1O. The predicted molar refractivity (Wildman–Crippen MR) is 70.4 cm³/mol. The van der Waals surface area contributed by atoms with Gasteiger partial charge in [0.15, 0.2) is 11.5 Å². The Morgan fingerprint density at radius 3 is 2.59 bits per heavy atom. The molecule has 0 bridgehead atoms. The van der Waals surface area contributed by atoms with E-state index in [0.29, 0.717) is 24.3 Å². The van der Waals surface area contributed by atoms with Crippen molar-refractivity contribution in [3.05, 3.63) is 23.8 Å². The first-order valence-electron chi connectivity index (χ1n) is 6.12. The maximum absolute atomic E-state index is 9.92. The average molecular weight is 237 g/mol. The van der Waals surface area contributed by atoms with Gasteiger partial charge in [0.05, 0.1) is 7.11 Å². The second kappa shape index (κ2) is 6.50. The highest BCUT2D eigenvalue weighted by Gasteiger charge is 2.09. The number of para-hydroxylation sites is 1. The van der Waals surface area contributed by atoms with E-state index in [4.69, 9.17) is 4.74 Å². The number of phenolic OH excluding ortho intramolecular Hbond substituents is 1. The molecule has 0 aliphatic heterocycles. The Balaban J connectivity index is 2.57. The van der Waals surface area contributed by atoms with Crippen molar-refractivity contribution in [2.24, 2.45) is 5.92 Å². The average Bonchev–Trinajstić information content (AvgIpc) is 2.27. The molecule has 1 rings (SSSR count). The van der Waals surface area contributed by atoms with Crippen LogP contribution in [0.3, 0.4) is 0 Å². The van der Waals surface area contributed by atoms with Gasteiger partial charge in [0.25, 0.3) is 0 Å². The van der Waals surface area contributed by atoms with Crippen LogP contribution in [-0.2, 0) is 6.54 Å². The van der Waals surface area contributed by atoms with Crippen molar-refractivity contribution in [3.63, 3.8) is 0 Å². The molecular weight excluding hydrogens is 214 g/mol. The van der Waals surface area contributed by atoms with E-state index in [9.17, 15) is 5.11 Å². The Morgan fingerprint density at radius 1 is 1.29 bits per heavy atom. The third-order valence-electron chi connectivity index (χ3n) is 2.77. The summed E-state index contributed by atoms with van der Waals surface area (Å²) in [6, 6.07) is 6.01. The van der Waals surface area contributed by atoms with Gasteiger partial charge in [0, 0.05) is 18.2 Å². The number of hydrogen-bond acceptors (Lipinski definition) is 3. The van der Waals surface area contributed by atoms with Gasteiger partial charge in [-0.15, -0.1) is 0 Å². The lowest BCUT2D eigenvalue weighted by Crippen LogP contribution is -2.26. The molecule has 1 atom stereocenters. The Morgan fingerprint density at radius 2 is 2.00 bits per heavy atom. The minimum absolute atomic E-state index is 0.235. The molecule has 3 nitrogen and oxygen atoms in total. The third kappa shape index (κ3) is 4.27. The molecule has 1 unspecified atom stereocenters. The zero-order valence-corrected chi connectivity index (χ0v) is 11.2. The molecule has 0 fully saturated rings. The number of benzene rings is 1. The van der Waals surface area contributed by atoms with Gasteiger partial charge in [0.2, 0.25) is 0 Å². The van der Waals surface area contributed by atoms with Crippen LogP contribution in [0.5, 0.6) is 11.5 Å². The molecule has 96 valence electrons. The molecule has 0 spiro atoms. The van der Waals surface area contributed by atoms with E-state index in [2.05, 4.69) is 26.1 Å². The van der Waals surface area contributed by atoms with E-state index in [1.807, 2.05) is 12.1 Å². The van der Waals surface area contributed by atoms with Crippen LogP contribution in [-0.4, -0.2) is 18.3 Å². The standard InChI is InChI=1S/C14H23NO2/c1-10(2)8-11(3)15-9-12-6-5-7-13(17-4)14(12)16/h5-7,10-11,15-16H,8-9H2,1-4H3. The summed E-state index contributed by atoms with van der Waals surface area (Å²) < 4.78 is 5.08. The highest BCUT2D eigenvalue weighted by atomic mass is 16.5. The number of hydrogen-bond donors (Lipinski definition) is 2. The van der Waals surface area contributed by atoms with Gasteiger partial charge >= 0.3 is 0 Å². The van der Waals surface area contributed by atoms with Crippen LogP contribution in [0.25, 0.3) is 0 Å². The first-order chi connectivity index (χ1) is 8.04. The topological polar surface area (TPSA) is 41.5 Å². The predicted octanol–water partition coefficient (Wildman–Crippen LogP) is 2.93. The van der Waals surface area contributed by atoms with E-state index >= 15 is 0 Å². The Kier molecular flexibility index (Phi) is 5.29. The van der Waals surface area contributed by atoms with Crippen LogP contribution in [0.1, 0.15) is 32.8 Å². The molecule has 0 heterocycles. The fourth-order valence-electron chi connectivity index (χ4n) is 1.95. The van der Waals surface area contributed by atoms with Crippen molar-refractivity contribution in [2.45, 2.75) is 39.8 Å². The number of rotatable bonds is 6. The molecular formula is C14H23NO2. The summed E-state index contributed by atoms with van der Waals surface area (Å²) in [7, 11) is 1.56. The molecule has 1 aromatic rings. The minimum Gasteiger partial charge on any atom is -0.504 e. The summed E-state index contributed by atoms with van der Waals surface area (Å²) in [5, 5.41) is 13.3. The van der Waals surface area contributed by atoms with Crippen molar-refractivity contribution >= 4 is 0 Å². The lowest BCUT2D eigenvalue weighted by molar-refractivity contribution is 0.367. The van der Waals surface area contributed by atoms with Gasteiger partial charge in [0.1, 0.15) is 0 Å². The van der Waals surface area contributed by atoms with Crippen LogP contribution in [0, 0.1) is 5.92 Å². The van der Waals surface area contributed by atoms with Gasteiger partial charge in [-0.25, -0.2) is 0 Å². The van der Waals surface area contributed by atoms with Gasteiger partial charge in [-0.2, -0.15) is 0 Å². The van der Waals surface area contributed by atoms with Gasteiger partial charge < -0.3 is 15.2 Å². The summed E-state index contributed by atoms with van der Waals surface area (Å²) in [5.41, 5.74) is 0.875. The fourth-order valence-corrected chi connectivity index (χ4v) is 1.95. The molecule has 17 heavy (non-hydrogen) atoms. The van der Waals surface area contributed by atoms with E-state index in [0.717, 1.165) is 12.0 Å². The van der Waals surface area contributed by atoms with E-state index in [-0.39, 0.29) is 5.75 Å². The molecule has 2 N–H and O–H groups in total. The van der Waals surface area contributed by atoms with E-state index in [1.165, 1.54) is 0 Å². The van der Waals surface area contributed by atoms with Crippen LogP contribution >= 0.6 is 0 Å². The molecule has 0 saturated heterocycles. The molecule has 0 aromatic heterocycles. The van der Waals surface area contributed by atoms with Crippen LogP contribution in [0.2, 0.25) is 0 Å². The zero-order valence-electron chi connectivity index (χ0n) is 11.2. The van der Waals surface area contributed by atoms with Crippen molar-refractivity contribution in [3.8, 4) is 11.5 Å². The molecule has 0 aliphatic rings. The molecule has 0 saturated carbocycles. The maximum atomic E-state index is 9.92. The normalized spacial score (nSPS) is 12.8. The largest absolute Gasteiger partial charge is 0.504 e. The monoisotopic (exact) mass is 237 g/mol. The Bertz CT molecular complexity index is 350. The third-order valence-corrected chi connectivity index (χ3v) is 2.77. The summed E-state index contributed by atoms with van der Waals surface area (Å²) >= 11 is 0. The van der Waals surface area contributed by atoms with Crippen LogP contribution in [0.4, 0.5) is 0 Å². The van der Waals surface area contributed by atoms with Crippen molar-refractivity contribution in [1.82, 2.24) is 5.32 Å². The molecule has 1 aromatic carbocycles. The smallest absolute Gasteiger partial charge is 0.162 e. The second-order valence-electron chi connectivity index (χ2n) is 4.88. The number of ether oxygens (including phenoxy) is 1. The van der Waals surface area contributed by atoms with Crippen LogP contribution in [0.15, 0.2) is 18.2 Å². The molecule has 0 radical (unpaired) electrons. The lowest BCUT2D eigenvalue weighted by atomic mass is 10.0. The van der Waals surface area contributed by atoms with Crippen LogP contribution < -0.4 is 10.1 Å². The Hall–Kier alpha value is -1.22. The van der Waals surface area contributed by atoms with Crippen molar-refractivity contribution in [2.75, 3.05) is 7.11 Å². The highest BCUT2D eigenvalue weighted by Crippen LogP contribution is 2.29. The maximum Gasteiger partial charge on any atom is 0.162 e. The van der Waals surface area contributed by atoms with Gasteiger partial charge in [-0.3, -0.25) is 0 Å². The summed E-state index contributed by atoms with van der Waals surface area (Å²) in [5.74, 6) is 1.44. The second-order valence-corrected chi connectivity index (χ2v) is 4.88. The summed E-state index contributed by atoms with van der Waals surface area (Å²) in [6.07, 6.45) is 1.13. The molecule has 0 aliphatic carbocycles. The van der Waals surface area contributed by atoms with Gasteiger partial charge in [-0.05, 0) is 25.3 Å². The lowest BCUT2D eigenvalue weighted by Gasteiger charge is -2.17. The zero-order chi connectivity index (χ0) is 12.8. The first-order valence-corrected chi connectivity index (χ1v) is 6.12. The van der Waals surface area contributed by atoms with E-state index < -0.39 is 0 Å². The number of methoxy groups -OCH3 is 1.